The highest BCUT2D eigenvalue weighted by atomic mass is 35.5. The van der Waals surface area contributed by atoms with E-state index in [0.29, 0.717) is 0 Å². The van der Waals surface area contributed by atoms with Crippen molar-refractivity contribution in [2.24, 2.45) is 0 Å². The largest absolute Gasteiger partial charge is 0.313 e. The first kappa shape index (κ1) is 12.6. The Bertz CT molecular complexity index is 519. The van der Waals surface area contributed by atoms with Gasteiger partial charge in [-0.15, -0.1) is 11.3 Å². The van der Waals surface area contributed by atoms with E-state index in [4.69, 9.17) is 11.6 Å². The van der Waals surface area contributed by atoms with Crippen LogP contribution < -0.4 is 5.32 Å². The van der Waals surface area contributed by atoms with Gasteiger partial charge in [0.15, 0.2) is 0 Å². The standard InChI is InChI=1S/C14H16ClNS/c1-9-6-12(8-17-9)11-4-5-13(10(2)16-3)14(15)7-11/h4-8,10,16H,1-3H3. The first-order valence-electron chi connectivity index (χ1n) is 5.64. The molecule has 0 aliphatic heterocycles. The molecular weight excluding hydrogens is 250 g/mol. The van der Waals surface area contributed by atoms with Crippen molar-refractivity contribution < 1.29 is 0 Å². The zero-order valence-corrected chi connectivity index (χ0v) is 11.8. The number of hydrogen-bond acceptors (Lipinski definition) is 2. The van der Waals surface area contributed by atoms with Gasteiger partial charge < -0.3 is 5.32 Å². The second-order valence-electron chi connectivity index (χ2n) is 4.19. The van der Waals surface area contributed by atoms with Crippen LogP contribution in [0, 0.1) is 6.92 Å². The summed E-state index contributed by atoms with van der Waals surface area (Å²) in [4.78, 5) is 1.32. The van der Waals surface area contributed by atoms with Crippen LogP contribution in [0.1, 0.15) is 23.4 Å². The van der Waals surface area contributed by atoms with E-state index in [1.54, 1.807) is 11.3 Å². The van der Waals surface area contributed by atoms with Gasteiger partial charge in [0, 0.05) is 15.9 Å². The lowest BCUT2D eigenvalue weighted by Gasteiger charge is -2.13. The predicted molar refractivity (Wildman–Crippen MR) is 77.0 cm³/mol. The van der Waals surface area contributed by atoms with Crippen molar-refractivity contribution in [2.45, 2.75) is 19.9 Å². The molecule has 1 nitrogen and oxygen atoms in total. The zero-order chi connectivity index (χ0) is 12.4. The number of halogens is 1. The Kier molecular flexibility index (Phi) is 3.87. The molecule has 0 spiro atoms. The average molecular weight is 266 g/mol. The molecule has 0 aliphatic carbocycles. The maximum absolute atomic E-state index is 6.32. The molecule has 1 aromatic carbocycles. The lowest BCUT2D eigenvalue weighted by molar-refractivity contribution is 0.652. The third-order valence-electron chi connectivity index (χ3n) is 2.96. The first-order chi connectivity index (χ1) is 8.11. The molecule has 0 fully saturated rings. The molecule has 1 atom stereocenters. The average Bonchev–Trinajstić information content (AvgIpc) is 2.75. The van der Waals surface area contributed by atoms with Crippen molar-refractivity contribution in [3.05, 3.63) is 45.1 Å². The van der Waals surface area contributed by atoms with Crippen molar-refractivity contribution in [3.63, 3.8) is 0 Å². The minimum absolute atomic E-state index is 0.278. The molecule has 3 heteroatoms. The number of rotatable bonds is 3. The zero-order valence-electron chi connectivity index (χ0n) is 10.3. The monoisotopic (exact) mass is 265 g/mol. The molecule has 0 aliphatic rings. The van der Waals surface area contributed by atoms with E-state index in [1.165, 1.54) is 16.0 Å². The fourth-order valence-corrected chi connectivity index (χ4v) is 2.86. The smallest absolute Gasteiger partial charge is 0.0459 e. The third kappa shape index (κ3) is 2.71. The molecule has 1 N–H and O–H groups in total. The van der Waals surface area contributed by atoms with E-state index >= 15 is 0 Å². The van der Waals surface area contributed by atoms with Gasteiger partial charge in [-0.2, -0.15) is 0 Å². The number of thiophene rings is 1. The normalized spacial score (nSPS) is 12.7. The summed E-state index contributed by atoms with van der Waals surface area (Å²) < 4.78 is 0. The molecule has 17 heavy (non-hydrogen) atoms. The highest BCUT2D eigenvalue weighted by Crippen LogP contribution is 2.31. The van der Waals surface area contributed by atoms with Crippen molar-refractivity contribution in [1.82, 2.24) is 5.32 Å². The Balaban J connectivity index is 2.37. The van der Waals surface area contributed by atoms with Crippen LogP contribution in [-0.2, 0) is 0 Å². The molecule has 2 aromatic rings. The summed E-state index contributed by atoms with van der Waals surface area (Å²) in [5, 5.41) is 6.20. The molecule has 1 unspecified atom stereocenters. The summed E-state index contributed by atoms with van der Waals surface area (Å²) >= 11 is 8.09. The van der Waals surface area contributed by atoms with Gasteiger partial charge in [-0.05, 0) is 55.1 Å². The van der Waals surface area contributed by atoms with Crippen LogP contribution in [0.4, 0.5) is 0 Å². The minimum atomic E-state index is 0.278. The Labute approximate surface area is 111 Å². The number of benzene rings is 1. The van der Waals surface area contributed by atoms with Gasteiger partial charge in [0.2, 0.25) is 0 Å². The third-order valence-corrected chi connectivity index (χ3v) is 4.15. The van der Waals surface area contributed by atoms with Gasteiger partial charge in [-0.25, -0.2) is 0 Å². The quantitative estimate of drug-likeness (QED) is 0.851. The second-order valence-corrected chi connectivity index (χ2v) is 5.72. The molecule has 0 saturated carbocycles. The maximum atomic E-state index is 6.32. The SMILES string of the molecule is CNC(C)c1ccc(-c2csc(C)c2)cc1Cl. The molecular formula is C14H16ClNS. The predicted octanol–water partition coefficient (Wildman–Crippen LogP) is 4.66. The van der Waals surface area contributed by atoms with Gasteiger partial charge >= 0.3 is 0 Å². The molecule has 1 heterocycles. The molecule has 2 rings (SSSR count). The van der Waals surface area contributed by atoms with E-state index in [-0.39, 0.29) is 6.04 Å². The summed E-state index contributed by atoms with van der Waals surface area (Å²) in [7, 11) is 1.94. The van der Waals surface area contributed by atoms with Gasteiger partial charge in [0.25, 0.3) is 0 Å². The van der Waals surface area contributed by atoms with Crippen LogP contribution in [0.5, 0.6) is 0 Å². The molecule has 0 saturated heterocycles. The first-order valence-corrected chi connectivity index (χ1v) is 6.90. The summed E-state index contributed by atoms with van der Waals surface area (Å²) in [6, 6.07) is 8.76. The van der Waals surface area contributed by atoms with Crippen LogP contribution >= 0.6 is 22.9 Å². The fraction of sp³-hybridized carbons (Fsp3) is 0.286. The Morgan fingerprint density at radius 1 is 1.24 bits per heavy atom. The number of nitrogens with one attached hydrogen (secondary N) is 1. The van der Waals surface area contributed by atoms with Crippen LogP contribution in [0.25, 0.3) is 11.1 Å². The number of aryl methyl sites for hydroxylation is 1. The Morgan fingerprint density at radius 3 is 2.53 bits per heavy atom. The van der Waals surface area contributed by atoms with Gasteiger partial charge in [0.1, 0.15) is 0 Å². The summed E-state index contributed by atoms with van der Waals surface area (Å²) in [6.45, 7) is 4.23. The summed E-state index contributed by atoms with van der Waals surface area (Å²) in [6.07, 6.45) is 0. The maximum Gasteiger partial charge on any atom is 0.0459 e. The molecule has 1 aromatic heterocycles. The minimum Gasteiger partial charge on any atom is -0.313 e. The van der Waals surface area contributed by atoms with Crippen molar-refractivity contribution in [1.29, 1.82) is 0 Å². The van der Waals surface area contributed by atoms with E-state index in [2.05, 4.69) is 42.7 Å². The second kappa shape index (κ2) is 5.21. The van der Waals surface area contributed by atoms with E-state index in [0.717, 1.165) is 10.6 Å². The summed E-state index contributed by atoms with van der Waals surface area (Å²) in [5.74, 6) is 0. The highest BCUT2D eigenvalue weighted by molar-refractivity contribution is 7.10. The van der Waals surface area contributed by atoms with E-state index < -0.39 is 0 Å². The van der Waals surface area contributed by atoms with Gasteiger partial charge in [0.05, 0.1) is 0 Å². The fourth-order valence-electron chi connectivity index (χ4n) is 1.81. The number of hydrogen-bond donors (Lipinski definition) is 1. The Hall–Kier alpha value is -0.830. The molecule has 0 bridgehead atoms. The topological polar surface area (TPSA) is 12.0 Å². The van der Waals surface area contributed by atoms with Gasteiger partial charge in [-0.1, -0.05) is 23.7 Å². The lowest BCUT2D eigenvalue weighted by atomic mass is 10.0. The van der Waals surface area contributed by atoms with Crippen LogP contribution in [0.15, 0.2) is 29.6 Å². The Morgan fingerprint density at radius 2 is 2.00 bits per heavy atom. The van der Waals surface area contributed by atoms with E-state index in [1.807, 2.05) is 13.1 Å². The summed E-state index contributed by atoms with van der Waals surface area (Å²) in [5.41, 5.74) is 3.58. The molecule has 90 valence electrons. The van der Waals surface area contributed by atoms with Crippen LogP contribution in [0.2, 0.25) is 5.02 Å². The van der Waals surface area contributed by atoms with Crippen LogP contribution in [-0.4, -0.2) is 7.05 Å². The van der Waals surface area contributed by atoms with Gasteiger partial charge in [-0.3, -0.25) is 0 Å². The van der Waals surface area contributed by atoms with Crippen molar-refractivity contribution >= 4 is 22.9 Å². The van der Waals surface area contributed by atoms with Crippen molar-refractivity contribution in [3.8, 4) is 11.1 Å². The highest BCUT2D eigenvalue weighted by Gasteiger charge is 2.09. The molecule has 0 radical (unpaired) electrons. The van der Waals surface area contributed by atoms with E-state index in [9.17, 15) is 0 Å². The van der Waals surface area contributed by atoms with Crippen LogP contribution in [0.3, 0.4) is 0 Å². The lowest BCUT2D eigenvalue weighted by Crippen LogP contribution is -2.12. The van der Waals surface area contributed by atoms with Crippen molar-refractivity contribution in [2.75, 3.05) is 7.05 Å². The molecule has 0 amide bonds.